The zero-order valence-corrected chi connectivity index (χ0v) is 16.4. The van der Waals surface area contributed by atoms with Crippen LogP contribution >= 0.6 is 39.9 Å². The van der Waals surface area contributed by atoms with Crippen LogP contribution in [0.15, 0.2) is 27.6 Å². The average molecular weight is 432 g/mol. The van der Waals surface area contributed by atoms with Crippen LogP contribution in [0.4, 0.5) is 0 Å². The van der Waals surface area contributed by atoms with E-state index in [4.69, 9.17) is 11.6 Å². The zero-order valence-electron chi connectivity index (χ0n) is 12.4. The topological polar surface area (TPSA) is 49.4 Å². The molecular formula is C14H21BrCl2N2O2S. The van der Waals surface area contributed by atoms with Gasteiger partial charge in [-0.1, -0.05) is 34.5 Å². The van der Waals surface area contributed by atoms with Gasteiger partial charge < -0.3 is 5.32 Å². The van der Waals surface area contributed by atoms with Gasteiger partial charge >= 0.3 is 0 Å². The van der Waals surface area contributed by atoms with Crippen LogP contribution in [0.3, 0.4) is 0 Å². The second-order valence-corrected chi connectivity index (χ2v) is 8.35. The largest absolute Gasteiger partial charge is 0.317 e. The SMILES string of the molecule is CCCN(C1CCNCC1)S(=O)(=O)c1cc(Br)ccc1Cl.Cl. The van der Waals surface area contributed by atoms with Gasteiger partial charge in [-0.2, -0.15) is 4.31 Å². The predicted octanol–water partition coefficient (Wildman–Crippen LogP) is 3.68. The molecule has 0 bridgehead atoms. The molecule has 0 atom stereocenters. The zero-order chi connectivity index (χ0) is 15.5. The lowest BCUT2D eigenvalue weighted by molar-refractivity contribution is 0.262. The van der Waals surface area contributed by atoms with Gasteiger partial charge in [0, 0.05) is 17.1 Å². The van der Waals surface area contributed by atoms with Crippen LogP contribution in [0.2, 0.25) is 5.02 Å². The van der Waals surface area contributed by atoms with Crippen molar-refractivity contribution in [3.05, 3.63) is 27.7 Å². The molecule has 22 heavy (non-hydrogen) atoms. The third-order valence-corrected chi connectivity index (χ3v) is 6.57. The molecule has 1 aliphatic heterocycles. The van der Waals surface area contributed by atoms with E-state index in [1.807, 2.05) is 6.92 Å². The summed E-state index contributed by atoms with van der Waals surface area (Å²) in [6, 6.07) is 4.99. The van der Waals surface area contributed by atoms with E-state index in [1.165, 1.54) is 0 Å². The molecule has 0 radical (unpaired) electrons. The van der Waals surface area contributed by atoms with Crippen LogP contribution in [0.1, 0.15) is 26.2 Å². The second-order valence-electron chi connectivity index (χ2n) is 5.17. The molecular weight excluding hydrogens is 411 g/mol. The van der Waals surface area contributed by atoms with Gasteiger partial charge in [0.1, 0.15) is 4.90 Å². The summed E-state index contributed by atoms with van der Waals surface area (Å²) in [5.74, 6) is 0. The van der Waals surface area contributed by atoms with E-state index >= 15 is 0 Å². The van der Waals surface area contributed by atoms with Gasteiger partial charge in [-0.25, -0.2) is 8.42 Å². The lowest BCUT2D eigenvalue weighted by atomic mass is 10.1. The fourth-order valence-corrected chi connectivity index (χ4v) is 5.41. The molecule has 1 fully saturated rings. The molecule has 0 saturated carbocycles. The van der Waals surface area contributed by atoms with Crippen LogP contribution in [-0.2, 0) is 10.0 Å². The summed E-state index contributed by atoms with van der Waals surface area (Å²) in [4.78, 5) is 0.186. The Morgan fingerprint density at radius 1 is 1.36 bits per heavy atom. The molecule has 0 spiro atoms. The molecule has 8 heteroatoms. The van der Waals surface area contributed by atoms with Crippen molar-refractivity contribution in [1.29, 1.82) is 0 Å². The first-order valence-corrected chi connectivity index (χ1v) is 9.75. The summed E-state index contributed by atoms with van der Waals surface area (Å²) >= 11 is 9.45. The highest BCUT2D eigenvalue weighted by molar-refractivity contribution is 9.10. The van der Waals surface area contributed by atoms with Gasteiger partial charge in [-0.15, -0.1) is 12.4 Å². The molecule has 1 aromatic rings. The summed E-state index contributed by atoms with van der Waals surface area (Å²) < 4.78 is 28.3. The van der Waals surface area contributed by atoms with Crippen molar-refractivity contribution in [3.8, 4) is 0 Å². The Bertz CT molecular complexity index is 593. The van der Waals surface area contributed by atoms with Gasteiger partial charge in [0.05, 0.1) is 5.02 Å². The lowest BCUT2D eigenvalue weighted by Gasteiger charge is -2.33. The van der Waals surface area contributed by atoms with Crippen molar-refractivity contribution in [2.45, 2.75) is 37.1 Å². The maximum Gasteiger partial charge on any atom is 0.244 e. The van der Waals surface area contributed by atoms with Crippen LogP contribution in [0.25, 0.3) is 0 Å². The number of halogens is 3. The molecule has 1 heterocycles. The maximum atomic E-state index is 13.0. The molecule has 4 nitrogen and oxygen atoms in total. The lowest BCUT2D eigenvalue weighted by Crippen LogP contribution is -2.46. The summed E-state index contributed by atoms with van der Waals surface area (Å²) in [6.45, 7) is 4.22. The number of piperidine rings is 1. The second kappa shape index (κ2) is 8.85. The highest BCUT2D eigenvalue weighted by atomic mass is 79.9. The van der Waals surface area contributed by atoms with E-state index in [-0.39, 0.29) is 28.4 Å². The molecule has 1 aromatic carbocycles. The molecule has 0 amide bonds. The van der Waals surface area contributed by atoms with Crippen molar-refractivity contribution < 1.29 is 8.42 Å². The minimum Gasteiger partial charge on any atom is -0.317 e. The van der Waals surface area contributed by atoms with Gasteiger partial charge in [-0.3, -0.25) is 0 Å². The van der Waals surface area contributed by atoms with E-state index in [2.05, 4.69) is 21.2 Å². The number of rotatable bonds is 5. The Hall–Kier alpha value is 0.150. The van der Waals surface area contributed by atoms with Crippen LogP contribution < -0.4 is 5.32 Å². The van der Waals surface area contributed by atoms with E-state index in [0.29, 0.717) is 11.0 Å². The van der Waals surface area contributed by atoms with Crippen LogP contribution in [0, 0.1) is 0 Å². The number of hydrogen-bond acceptors (Lipinski definition) is 3. The smallest absolute Gasteiger partial charge is 0.244 e. The predicted molar refractivity (Wildman–Crippen MR) is 96.5 cm³/mol. The van der Waals surface area contributed by atoms with Crippen LogP contribution in [0.5, 0.6) is 0 Å². The van der Waals surface area contributed by atoms with E-state index in [1.54, 1.807) is 22.5 Å². The first-order chi connectivity index (χ1) is 9.96. The molecule has 0 aliphatic carbocycles. The number of hydrogen-bond donors (Lipinski definition) is 1. The summed E-state index contributed by atoms with van der Waals surface area (Å²) in [5, 5.41) is 3.54. The number of nitrogens with one attached hydrogen (secondary N) is 1. The van der Waals surface area contributed by atoms with Gasteiger partial charge in [0.25, 0.3) is 0 Å². The standard InChI is InChI=1S/C14H20BrClN2O2S.ClH/c1-2-9-18(12-5-7-17-8-6-12)21(19,20)14-10-11(15)3-4-13(14)16;/h3-4,10,12,17H,2,5-9H2,1H3;1H. The van der Waals surface area contributed by atoms with E-state index in [9.17, 15) is 8.42 Å². The fourth-order valence-electron chi connectivity index (χ4n) is 2.62. The highest BCUT2D eigenvalue weighted by Gasteiger charge is 2.33. The van der Waals surface area contributed by atoms with Gasteiger partial charge in [0.15, 0.2) is 0 Å². The number of nitrogens with zero attached hydrogens (tertiary/aromatic N) is 1. The van der Waals surface area contributed by atoms with E-state index in [0.717, 1.165) is 32.4 Å². The first kappa shape index (κ1) is 20.2. The Morgan fingerprint density at radius 3 is 2.59 bits per heavy atom. The Labute approximate surface area is 152 Å². The molecule has 126 valence electrons. The van der Waals surface area contributed by atoms with Gasteiger partial charge in [0.2, 0.25) is 10.0 Å². The maximum absolute atomic E-state index is 13.0. The first-order valence-electron chi connectivity index (χ1n) is 7.14. The monoisotopic (exact) mass is 430 g/mol. The van der Waals surface area contributed by atoms with Gasteiger partial charge in [-0.05, 0) is 50.6 Å². The Balaban J connectivity index is 0.00000242. The quantitative estimate of drug-likeness (QED) is 0.773. The summed E-state index contributed by atoms with van der Waals surface area (Å²) in [6.07, 6.45) is 2.46. The number of benzene rings is 1. The van der Waals surface area contributed by atoms with Crippen LogP contribution in [-0.4, -0.2) is 38.4 Å². The average Bonchev–Trinajstić information content (AvgIpc) is 2.48. The number of sulfonamides is 1. The third-order valence-electron chi connectivity index (χ3n) is 3.64. The minimum atomic E-state index is -3.57. The molecule has 2 rings (SSSR count). The minimum absolute atomic E-state index is 0. The molecule has 1 aliphatic rings. The normalized spacial score (nSPS) is 16.5. The molecule has 1 N–H and O–H groups in total. The van der Waals surface area contributed by atoms with Crippen molar-refractivity contribution in [3.63, 3.8) is 0 Å². The molecule has 0 unspecified atom stereocenters. The fraction of sp³-hybridized carbons (Fsp3) is 0.571. The Morgan fingerprint density at radius 2 is 2.00 bits per heavy atom. The molecule has 0 aromatic heterocycles. The van der Waals surface area contributed by atoms with Crippen molar-refractivity contribution in [1.82, 2.24) is 9.62 Å². The third kappa shape index (κ3) is 4.58. The van der Waals surface area contributed by atoms with Crippen molar-refractivity contribution in [2.24, 2.45) is 0 Å². The van der Waals surface area contributed by atoms with E-state index < -0.39 is 10.0 Å². The van der Waals surface area contributed by atoms with Crippen molar-refractivity contribution in [2.75, 3.05) is 19.6 Å². The summed E-state index contributed by atoms with van der Waals surface area (Å²) in [7, 11) is -3.57. The Kier molecular flexibility index (Phi) is 8.12. The highest BCUT2D eigenvalue weighted by Crippen LogP contribution is 2.30. The molecule has 1 saturated heterocycles. The van der Waals surface area contributed by atoms with Crippen molar-refractivity contribution >= 4 is 50.0 Å². The summed E-state index contributed by atoms with van der Waals surface area (Å²) in [5.41, 5.74) is 0.